The standard InChI is InChI=1S/C12H15N3O4.ClH/c16-12(11-8-19-6-5-13-11)14-7-9-1-3-10(4-2-9)15(17)18;/h1-4,11,13H,5-8H2,(H,14,16);1H. The summed E-state index contributed by atoms with van der Waals surface area (Å²) in [5.41, 5.74) is 0.855. The molecule has 7 nitrogen and oxygen atoms in total. The van der Waals surface area contributed by atoms with Gasteiger partial charge in [-0.15, -0.1) is 12.4 Å². The van der Waals surface area contributed by atoms with Gasteiger partial charge in [0.1, 0.15) is 6.04 Å². The van der Waals surface area contributed by atoms with Gasteiger partial charge in [0, 0.05) is 25.2 Å². The van der Waals surface area contributed by atoms with Crippen molar-refractivity contribution in [2.45, 2.75) is 12.6 Å². The molecule has 1 aromatic carbocycles. The fraction of sp³-hybridized carbons (Fsp3) is 0.417. The third-order valence-electron chi connectivity index (χ3n) is 2.85. The predicted octanol–water partition coefficient (Wildman–Crippen LogP) is 0.621. The van der Waals surface area contributed by atoms with Crippen LogP contribution in [-0.2, 0) is 16.1 Å². The van der Waals surface area contributed by atoms with Crippen molar-refractivity contribution in [2.75, 3.05) is 19.8 Å². The number of non-ortho nitro benzene ring substituents is 1. The van der Waals surface area contributed by atoms with Crippen LogP contribution < -0.4 is 10.6 Å². The van der Waals surface area contributed by atoms with Gasteiger partial charge >= 0.3 is 0 Å². The minimum absolute atomic E-state index is 0. The van der Waals surface area contributed by atoms with Crippen LogP contribution in [0.2, 0.25) is 0 Å². The van der Waals surface area contributed by atoms with Crippen LogP contribution >= 0.6 is 12.4 Å². The van der Waals surface area contributed by atoms with E-state index in [1.807, 2.05) is 0 Å². The third kappa shape index (κ3) is 4.44. The highest BCUT2D eigenvalue weighted by Gasteiger charge is 2.20. The summed E-state index contributed by atoms with van der Waals surface area (Å²) in [4.78, 5) is 21.8. The van der Waals surface area contributed by atoms with Crippen molar-refractivity contribution in [1.82, 2.24) is 10.6 Å². The molecule has 8 heteroatoms. The van der Waals surface area contributed by atoms with Gasteiger partial charge in [0.05, 0.1) is 18.1 Å². The third-order valence-corrected chi connectivity index (χ3v) is 2.85. The number of halogens is 1. The van der Waals surface area contributed by atoms with Gasteiger partial charge in [-0.25, -0.2) is 0 Å². The SMILES string of the molecule is Cl.O=C(NCc1ccc([N+](=O)[O-])cc1)C1COCCN1. The highest BCUT2D eigenvalue weighted by molar-refractivity contribution is 5.85. The number of hydrogen-bond acceptors (Lipinski definition) is 5. The normalized spacial score (nSPS) is 17.9. The molecule has 1 fully saturated rings. The second-order valence-electron chi connectivity index (χ2n) is 4.22. The number of benzene rings is 1. The molecule has 1 saturated heterocycles. The van der Waals surface area contributed by atoms with E-state index in [-0.39, 0.29) is 30.0 Å². The van der Waals surface area contributed by atoms with Gasteiger partial charge in [0.2, 0.25) is 5.91 Å². The Morgan fingerprint density at radius 1 is 1.45 bits per heavy atom. The Balaban J connectivity index is 0.00000200. The van der Waals surface area contributed by atoms with Crippen molar-refractivity contribution >= 4 is 24.0 Å². The van der Waals surface area contributed by atoms with Crippen molar-refractivity contribution in [3.63, 3.8) is 0 Å². The van der Waals surface area contributed by atoms with E-state index in [0.29, 0.717) is 26.3 Å². The van der Waals surface area contributed by atoms with Crippen LogP contribution in [-0.4, -0.2) is 36.6 Å². The minimum atomic E-state index is -0.453. The van der Waals surface area contributed by atoms with Gasteiger partial charge in [0.15, 0.2) is 0 Å². The van der Waals surface area contributed by atoms with Gasteiger partial charge in [-0.3, -0.25) is 14.9 Å². The zero-order chi connectivity index (χ0) is 13.7. The number of nitrogens with zero attached hydrogens (tertiary/aromatic N) is 1. The summed E-state index contributed by atoms with van der Waals surface area (Å²) >= 11 is 0. The van der Waals surface area contributed by atoms with E-state index in [2.05, 4.69) is 10.6 Å². The maximum atomic E-state index is 11.8. The van der Waals surface area contributed by atoms with Crippen molar-refractivity contribution in [3.05, 3.63) is 39.9 Å². The first-order valence-corrected chi connectivity index (χ1v) is 5.99. The van der Waals surface area contributed by atoms with Crippen LogP contribution in [0.1, 0.15) is 5.56 Å². The molecule has 1 unspecified atom stereocenters. The van der Waals surface area contributed by atoms with Crippen molar-refractivity contribution in [2.24, 2.45) is 0 Å². The number of nitrogens with one attached hydrogen (secondary N) is 2. The molecule has 1 atom stereocenters. The van der Waals surface area contributed by atoms with Gasteiger partial charge in [-0.05, 0) is 5.56 Å². The molecule has 1 heterocycles. The smallest absolute Gasteiger partial charge is 0.269 e. The molecule has 20 heavy (non-hydrogen) atoms. The fourth-order valence-electron chi connectivity index (χ4n) is 1.78. The van der Waals surface area contributed by atoms with Gasteiger partial charge in [0.25, 0.3) is 5.69 Å². The van der Waals surface area contributed by atoms with E-state index in [4.69, 9.17) is 4.74 Å². The molecule has 0 aromatic heterocycles. The highest BCUT2D eigenvalue weighted by atomic mass is 35.5. The van der Waals surface area contributed by atoms with Crippen molar-refractivity contribution in [3.8, 4) is 0 Å². The molecule has 1 aliphatic rings. The second kappa shape index (κ2) is 7.78. The monoisotopic (exact) mass is 301 g/mol. The van der Waals surface area contributed by atoms with E-state index in [9.17, 15) is 14.9 Å². The topological polar surface area (TPSA) is 93.5 Å². The molecule has 1 aliphatic heterocycles. The summed E-state index contributed by atoms with van der Waals surface area (Å²) < 4.78 is 5.20. The van der Waals surface area contributed by atoms with E-state index < -0.39 is 4.92 Å². The zero-order valence-electron chi connectivity index (χ0n) is 10.7. The van der Waals surface area contributed by atoms with Crippen LogP contribution in [0.25, 0.3) is 0 Å². The molecular weight excluding hydrogens is 286 g/mol. The number of carbonyl (C=O) groups excluding carboxylic acids is 1. The van der Waals surface area contributed by atoms with E-state index >= 15 is 0 Å². The first-order valence-electron chi connectivity index (χ1n) is 5.99. The average molecular weight is 302 g/mol. The van der Waals surface area contributed by atoms with Crippen LogP contribution in [0, 0.1) is 10.1 Å². The number of carbonyl (C=O) groups is 1. The van der Waals surface area contributed by atoms with Crippen LogP contribution in [0.5, 0.6) is 0 Å². The lowest BCUT2D eigenvalue weighted by Crippen LogP contribution is -2.51. The lowest BCUT2D eigenvalue weighted by atomic mass is 10.2. The Morgan fingerprint density at radius 3 is 2.70 bits per heavy atom. The summed E-state index contributed by atoms with van der Waals surface area (Å²) in [5, 5.41) is 16.3. The Hall–Kier alpha value is -1.70. The molecule has 110 valence electrons. The molecule has 0 spiro atoms. The van der Waals surface area contributed by atoms with Gasteiger partial charge < -0.3 is 15.4 Å². The molecule has 0 radical (unpaired) electrons. The first-order chi connectivity index (χ1) is 9.16. The second-order valence-corrected chi connectivity index (χ2v) is 4.22. The summed E-state index contributed by atoms with van der Waals surface area (Å²) in [7, 11) is 0. The Labute approximate surface area is 122 Å². The maximum absolute atomic E-state index is 11.8. The van der Waals surface area contributed by atoms with Crippen LogP contribution in [0.3, 0.4) is 0 Å². The minimum Gasteiger partial charge on any atom is -0.378 e. The number of nitro benzene ring substituents is 1. The number of rotatable bonds is 4. The quantitative estimate of drug-likeness (QED) is 0.628. The maximum Gasteiger partial charge on any atom is 0.269 e. The first kappa shape index (κ1) is 16.4. The largest absolute Gasteiger partial charge is 0.378 e. The zero-order valence-corrected chi connectivity index (χ0v) is 11.5. The predicted molar refractivity (Wildman–Crippen MR) is 74.8 cm³/mol. The Morgan fingerprint density at radius 2 is 2.15 bits per heavy atom. The molecule has 2 N–H and O–H groups in total. The molecule has 0 bridgehead atoms. The van der Waals surface area contributed by atoms with E-state index in [1.165, 1.54) is 12.1 Å². The van der Waals surface area contributed by atoms with Crippen molar-refractivity contribution < 1.29 is 14.5 Å². The summed E-state index contributed by atoms with van der Waals surface area (Å²) in [5.74, 6) is -0.127. The molecular formula is C12H16ClN3O4. The molecule has 1 amide bonds. The summed E-state index contributed by atoms with van der Waals surface area (Å²) in [6, 6.07) is 5.77. The fourth-order valence-corrected chi connectivity index (χ4v) is 1.78. The molecule has 2 rings (SSSR count). The van der Waals surface area contributed by atoms with Crippen molar-refractivity contribution in [1.29, 1.82) is 0 Å². The molecule has 0 aliphatic carbocycles. The number of ether oxygens (including phenoxy) is 1. The number of morpholine rings is 1. The van der Waals surface area contributed by atoms with E-state index in [0.717, 1.165) is 5.56 Å². The lowest BCUT2D eigenvalue weighted by Gasteiger charge is -2.22. The Bertz CT molecular complexity index is 460. The lowest BCUT2D eigenvalue weighted by molar-refractivity contribution is -0.384. The summed E-state index contributed by atoms with van der Waals surface area (Å²) in [6.45, 7) is 1.99. The van der Waals surface area contributed by atoms with Gasteiger partial charge in [-0.1, -0.05) is 12.1 Å². The van der Waals surface area contributed by atoms with E-state index in [1.54, 1.807) is 12.1 Å². The number of nitro groups is 1. The highest BCUT2D eigenvalue weighted by Crippen LogP contribution is 2.11. The van der Waals surface area contributed by atoms with Gasteiger partial charge in [-0.2, -0.15) is 0 Å². The number of hydrogen-bond donors (Lipinski definition) is 2. The van der Waals surface area contributed by atoms with Crippen LogP contribution in [0.15, 0.2) is 24.3 Å². The number of amides is 1. The average Bonchev–Trinajstić information content (AvgIpc) is 2.46. The molecule has 0 saturated carbocycles. The molecule has 1 aromatic rings. The van der Waals surface area contributed by atoms with Crippen LogP contribution in [0.4, 0.5) is 5.69 Å². The summed E-state index contributed by atoms with van der Waals surface area (Å²) in [6.07, 6.45) is 0. The Kier molecular flexibility index (Phi) is 6.37.